The lowest BCUT2D eigenvalue weighted by Crippen LogP contribution is -2.48. The molecule has 2 fully saturated rings. The Kier molecular flexibility index (Phi) is 6.31. The number of hydrogen-bond acceptors (Lipinski definition) is 3. The third-order valence-electron chi connectivity index (χ3n) is 5.38. The minimum absolute atomic E-state index is 0.517. The maximum Gasteiger partial charge on any atom is 0.0599 e. The van der Waals surface area contributed by atoms with Gasteiger partial charge in [0.25, 0.3) is 0 Å². The van der Waals surface area contributed by atoms with Gasteiger partial charge >= 0.3 is 0 Å². The van der Waals surface area contributed by atoms with Crippen LogP contribution in [0.15, 0.2) is 0 Å². The van der Waals surface area contributed by atoms with Crippen LogP contribution >= 0.6 is 0 Å². The molecule has 1 N–H and O–H groups in total. The number of nitrogens with one attached hydrogen (secondary N) is 1. The molecular formula is C17H34N2O. The lowest BCUT2D eigenvalue weighted by Gasteiger charge is -2.44. The second kappa shape index (κ2) is 7.77. The highest BCUT2D eigenvalue weighted by Crippen LogP contribution is 2.39. The molecule has 118 valence electrons. The summed E-state index contributed by atoms with van der Waals surface area (Å²) in [7, 11) is 2.11. The highest BCUT2D eigenvalue weighted by atomic mass is 16.5. The van der Waals surface area contributed by atoms with Gasteiger partial charge in [0.2, 0.25) is 0 Å². The lowest BCUT2D eigenvalue weighted by atomic mass is 9.70. The molecule has 0 aromatic carbocycles. The summed E-state index contributed by atoms with van der Waals surface area (Å²) in [5.74, 6) is 0.934. The Morgan fingerprint density at radius 3 is 2.35 bits per heavy atom. The molecule has 2 rings (SSSR count). The Bertz CT molecular complexity index is 266. The van der Waals surface area contributed by atoms with E-state index in [2.05, 4.69) is 31.1 Å². The summed E-state index contributed by atoms with van der Waals surface area (Å²) in [6.07, 6.45) is 8.59. The largest absolute Gasteiger partial charge is 0.378 e. The summed E-state index contributed by atoms with van der Waals surface area (Å²) in [6, 6.07) is 0. The van der Waals surface area contributed by atoms with Gasteiger partial charge in [-0.25, -0.2) is 0 Å². The van der Waals surface area contributed by atoms with Crippen molar-refractivity contribution in [3.05, 3.63) is 0 Å². The molecule has 2 aliphatic rings. The molecule has 1 aliphatic heterocycles. The van der Waals surface area contributed by atoms with E-state index in [0.29, 0.717) is 11.5 Å². The van der Waals surface area contributed by atoms with Gasteiger partial charge in [-0.05, 0) is 51.0 Å². The van der Waals surface area contributed by atoms with Crippen LogP contribution in [0.5, 0.6) is 0 Å². The Hall–Kier alpha value is -0.120. The summed E-state index contributed by atoms with van der Waals surface area (Å²) < 4.78 is 5.77. The summed E-state index contributed by atoms with van der Waals surface area (Å²) in [6.45, 7) is 10.3. The zero-order valence-electron chi connectivity index (χ0n) is 13.8. The highest BCUT2D eigenvalue weighted by molar-refractivity contribution is 4.90. The Morgan fingerprint density at radius 2 is 1.80 bits per heavy atom. The number of rotatable bonds is 6. The maximum absolute atomic E-state index is 5.77. The summed E-state index contributed by atoms with van der Waals surface area (Å²) >= 11 is 0. The molecular weight excluding hydrogens is 248 g/mol. The van der Waals surface area contributed by atoms with Gasteiger partial charge in [-0.3, -0.25) is 0 Å². The maximum atomic E-state index is 5.77. The van der Waals surface area contributed by atoms with Gasteiger partial charge in [-0.2, -0.15) is 0 Å². The van der Waals surface area contributed by atoms with Crippen LogP contribution in [0.3, 0.4) is 0 Å². The van der Waals surface area contributed by atoms with Crippen molar-refractivity contribution in [3.8, 4) is 0 Å². The third kappa shape index (κ3) is 4.44. The average molecular weight is 282 g/mol. The molecule has 1 saturated heterocycles. The van der Waals surface area contributed by atoms with Gasteiger partial charge in [0.1, 0.15) is 0 Å². The molecule has 1 aliphatic carbocycles. The molecule has 0 unspecified atom stereocenters. The molecule has 3 heteroatoms. The van der Waals surface area contributed by atoms with E-state index in [0.717, 1.165) is 12.5 Å². The first-order valence-electron chi connectivity index (χ1n) is 8.66. The van der Waals surface area contributed by atoms with E-state index in [1.54, 1.807) is 0 Å². The first-order valence-corrected chi connectivity index (χ1v) is 8.66. The number of piperidine rings is 1. The fourth-order valence-corrected chi connectivity index (χ4v) is 4.08. The Morgan fingerprint density at radius 1 is 1.15 bits per heavy atom. The van der Waals surface area contributed by atoms with Crippen molar-refractivity contribution < 1.29 is 4.74 Å². The van der Waals surface area contributed by atoms with Crippen molar-refractivity contribution in [1.29, 1.82) is 0 Å². The van der Waals surface area contributed by atoms with Gasteiger partial charge in [0.15, 0.2) is 0 Å². The molecule has 1 saturated carbocycles. The van der Waals surface area contributed by atoms with Crippen LogP contribution in [0.1, 0.15) is 52.4 Å². The zero-order valence-corrected chi connectivity index (χ0v) is 13.8. The van der Waals surface area contributed by atoms with Crippen LogP contribution in [0.25, 0.3) is 0 Å². The fourth-order valence-electron chi connectivity index (χ4n) is 4.08. The van der Waals surface area contributed by atoms with E-state index in [4.69, 9.17) is 4.74 Å². The first kappa shape index (κ1) is 16.3. The molecule has 0 radical (unpaired) electrons. The average Bonchev–Trinajstić information content (AvgIpc) is 2.45. The molecule has 0 spiro atoms. The molecule has 3 nitrogen and oxygen atoms in total. The van der Waals surface area contributed by atoms with Crippen LogP contribution in [-0.4, -0.2) is 50.8 Å². The van der Waals surface area contributed by atoms with Crippen molar-refractivity contribution in [1.82, 2.24) is 10.2 Å². The predicted molar refractivity (Wildman–Crippen MR) is 85.1 cm³/mol. The smallest absolute Gasteiger partial charge is 0.0599 e. The van der Waals surface area contributed by atoms with Gasteiger partial charge in [-0.1, -0.05) is 19.8 Å². The van der Waals surface area contributed by atoms with Gasteiger partial charge < -0.3 is 15.0 Å². The molecule has 20 heavy (non-hydrogen) atoms. The number of ether oxygens (including phenoxy) is 1. The molecule has 0 aromatic heterocycles. The standard InChI is InChI=1S/C17H34N2O/c1-4-20-16-7-11-19(12-8-16)14-17(13-18-3)9-5-15(2)6-10-17/h15-16,18H,4-14H2,1-3H3. The Balaban J connectivity index is 1.83. The van der Waals surface area contributed by atoms with Crippen LogP contribution < -0.4 is 5.32 Å². The normalized spacial score (nSPS) is 33.5. The van der Waals surface area contributed by atoms with E-state index < -0.39 is 0 Å². The van der Waals surface area contributed by atoms with Crippen molar-refractivity contribution in [2.45, 2.75) is 58.5 Å². The Labute approximate surface area is 125 Å². The van der Waals surface area contributed by atoms with Gasteiger partial charge in [0, 0.05) is 32.8 Å². The van der Waals surface area contributed by atoms with Crippen molar-refractivity contribution in [2.24, 2.45) is 11.3 Å². The summed E-state index contributed by atoms with van der Waals surface area (Å²) in [5.41, 5.74) is 0.527. The molecule has 0 bridgehead atoms. The van der Waals surface area contributed by atoms with E-state index in [-0.39, 0.29) is 0 Å². The zero-order chi connectivity index (χ0) is 14.4. The van der Waals surface area contributed by atoms with Crippen LogP contribution in [0.2, 0.25) is 0 Å². The molecule has 0 amide bonds. The van der Waals surface area contributed by atoms with Crippen molar-refractivity contribution >= 4 is 0 Å². The van der Waals surface area contributed by atoms with E-state index >= 15 is 0 Å². The second-order valence-corrected chi connectivity index (χ2v) is 7.14. The SMILES string of the molecule is CCOC1CCN(CC2(CNC)CCC(C)CC2)CC1. The van der Waals surface area contributed by atoms with E-state index in [1.165, 1.54) is 64.7 Å². The quantitative estimate of drug-likeness (QED) is 0.811. The number of nitrogens with zero attached hydrogens (tertiary/aromatic N) is 1. The minimum Gasteiger partial charge on any atom is -0.378 e. The van der Waals surface area contributed by atoms with Crippen LogP contribution in [0.4, 0.5) is 0 Å². The summed E-state index contributed by atoms with van der Waals surface area (Å²) in [4.78, 5) is 2.70. The van der Waals surface area contributed by atoms with E-state index in [9.17, 15) is 0 Å². The first-order chi connectivity index (χ1) is 9.67. The van der Waals surface area contributed by atoms with Gasteiger partial charge in [0.05, 0.1) is 6.10 Å². The monoisotopic (exact) mass is 282 g/mol. The van der Waals surface area contributed by atoms with Crippen LogP contribution in [-0.2, 0) is 4.74 Å². The number of likely N-dealkylation sites (tertiary alicyclic amines) is 1. The summed E-state index contributed by atoms with van der Waals surface area (Å²) in [5, 5.41) is 3.46. The number of hydrogen-bond donors (Lipinski definition) is 1. The predicted octanol–water partition coefficient (Wildman–Crippen LogP) is 2.90. The lowest BCUT2D eigenvalue weighted by molar-refractivity contribution is -0.00230. The molecule has 0 aromatic rings. The fraction of sp³-hybridized carbons (Fsp3) is 1.00. The van der Waals surface area contributed by atoms with Crippen LogP contribution in [0, 0.1) is 11.3 Å². The molecule has 0 atom stereocenters. The van der Waals surface area contributed by atoms with Crippen molar-refractivity contribution in [2.75, 3.05) is 39.8 Å². The second-order valence-electron chi connectivity index (χ2n) is 7.14. The molecule has 1 heterocycles. The topological polar surface area (TPSA) is 24.5 Å². The highest BCUT2D eigenvalue weighted by Gasteiger charge is 2.36. The minimum atomic E-state index is 0.517. The van der Waals surface area contributed by atoms with E-state index in [1.807, 2.05) is 0 Å². The van der Waals surface area contributed by atoms with Crippen molar-refractivity contribution in [3.63, 3.8) is 0 Å². The third-order valence-corrected chi connectivity index (χ3v) is 5.38. The van der Waals surface area contributed by atoms with Gasteiger partial charge in [-0.15, -0.1) is 0 Å².